The maximum Gasteiger partial charge on any atom is 0.434 e. The van der Waals surface area contributed by atoms with E-state index in [1.54, 1.807) is 0 Å². The second-order valence-corrected chi connectivity index (χ2v) is 18.2. The summed E-state index contributed by atoms with van der Waals surface area (Å²) >= 11 is 11.5. The van der Waals surface area contributed by atoms with Gasteiger partial charge in [-0.1, -0.05) is 35.3 Å². The minimum atomic E-state index is -5.05. The Labute approximate surface area is 375 Å². The molecule has 65 heavy (non-hydrogen) atoms. The highest BCUT2D eigenvalue weighted by Gasteiger charge is 2.42. The molecule has 2 aliphatic rings. The lowest BCUT2D eigenvalue weighted by atomic mass is 10.2. The van der Waals surface area contributed by atoms with Gasteiger partial charge in [-0.25, -0.2) is 22.5 Å². The van der Waals surface area contributed by atoms with Crippen molar-refractivity contribution in [3.8, 4) is 11.4 Å². The molecular weight excluding hydrogens is 957 g/mol. The third-order valence-electron chi connectivity index (χ3n) is 9.00. The zero-order valence-electron chi connectivity index (χ0n) is 32.9. The summed E-state index contributed by atoms with van der Waals surface area (Å²) in [7, 11) is -8.85. The van der Waals surface area contributed by atoms with E-state index < -0.39 is 71.8 Å². The van der Waals surface area contributed by atoms with Crippen molar-refractivity contribution >= 4 is 66.6 Å². The summed E-state index contributed by atoms with van der Waals surface area (Å²) in [5, 5.41) is 12.4. The Kier molecular flexibility index (Phi) is 14.4. The largest absolute Gasteiger partial charge is 0.434 e. The Bertz CT molecular complexity index is 2920. The number of alkyl halides is 6. The number of amides is 2. The van der Waals surface area contributed by atoms with Crippen LogP contribution in [0.15, 0.2) is 119 Å². The molecule has 0 bridgehead atoms. The smallest absolute Gasteiger partial charge is 0.328 e. The number of rotatable bonds is 10. The van der Waals surface area contributed by atoms with Gasteiger partial charge in [0.25, 0.3) is 11.8 Å². The van der Waals surface area contributed by atoms with Crippen LogP contribution in [0.4, 0.5) is 41.6 Å². The maximum absolute atomic E-state index is 13.8. The average molecular weight is 990 g/mol. The van der Waals surface area contributed by atoms with Gasteiger partial charge in [0.2, 0.25) is 10.0 Å². The van der Waals surface area contributed by atoms with Crippen molar-refractivity contribution in [3.05, 3.63) is 142 Å². The molecule has 0 atom stereocenters. The highest BCUT2D eigenvalue weighted by atomic mass is 35.5. The minimum absolute atomic E-state index is 0.0197. The number of carbonyl (C=O) groups is 2. The molecule has 2 aliphatic carbocycles. The molecule has 0 spiro atoms. The van der Waals surface area contributed by atoms with Crippen LogP contribution in [0.25, 0.3) is 11.4 Å². The number of nitrogens with zero attached hydrogens (tertiary/aromatic N) is 4. The molecule has 0 aliphatic heterocycles. The van der Waals surface area contributed by atoms with Crippen LogP contribution in [0.2, 0.25) is 10.0 Å². The van der Waals surface area contributed by atoms with Crippen molar-refractivity contribution in [2.75, 3.05) is 10.6 Å². The number of hydrogen-bond acceptors (Lipinski definition) is 9. The molecule has 2 amide bonds. The fourth-order valence-corrected chi connectivity index (χ4v) is 7.69. The summed E-state index contributed by atoms with van der Waals surface area (Å²) in [6.07, 6.45) is -4.28. The molecule has 14 nitrogen and oxygen atoms in total. The summed E-state index contributed by atoms with van der Waals surface area (Å²) in [5.74, 6) is -2.28. The van der Waals surface area contributed by atoms with E-state index in [4.69, 9.17) is 28.9 Å². The van der Waals surface area contributed by atoms with Crippen molar-refractivity contribution in [3.63, 3.8) is 0 Å². The van der Waals surface area contributed by atoms with Crippen LogP contribution >= 0.6 is 23.2 Å². The number of halogens is 9. The van der Waals surface area contributed by atoms with Crippen LogP contribution in [-0.4, -0.2) is 60.3 Å². The molecule has 4 aromatic carbocycles. The van der Waals surface area contributed by atoms with E-state index in [0.29, 0.717) is 25.5 Å². The molecule has 2 aromatic heterocycles. The van der Waals surface area contributed by atoms with Gasteiger partial charge in [-0.15, -0.1) is 3.89 Å². The fraction of sp³-hybridized carbons (Fsp3) is 0.200. The topological polar surface area (TPSA) is 200 Å². The second kappa shape index (κ2) is 19.3. The molecule has 2 heterocycles. The van der Waals surface area contributed by atoms with Gasteiger partial charge in [0, 0.05) is 33.5 Å². The summed E-state index contributed by atoms with van der Waals surface area (Å²) < 4.78 is 146. The average Bonchev–Trinajstić information content (AvgIpc) is 4.11. The molecule has 5 N–H and O–H groups in total. The second-order valence-electron chi connectivity index (χ2n) is 14.2. The van der Waals surface area contributed by atoms with E-state index in [1.807, 2.05) is 0 Å². The molecule has 6 aromatic rings. The van der Waals surface area contributed by atoms with E-state index in [2.05, 4.69) is 25.6 Å². The summed E-state index contributed by atoms with van der Waals surface area (Å²) in [4.78, 5) is 24.2. The van der Waals surface area contributed by atoms with Crippen molar-refractivity contribution in [1.82, 2.24) is 24.3 Å². The molecule has 25 heteroatoms. The minimum Gasteiger partial charge on any atom is -0.328 e. The first kappa shape index (κ1) is 48.6. The Morgan fingerprint density at radius 1 is 0.631 bits per heavy atom. The third-order valence-corrected chi connectivity index (χ3v) is 11.8. The van der Waals surface area contributed by atoms with Crippen LogP contribution in [0.3, 0.4) is 0 Å². The van der Waals surface area contributed by atoms with Gasteiger partial charge in [0.05, 0.1) is 39.8 Å². The predicted molar refractivity (Wildman–Crippen MR) is 225 cm³/mol. The number of aromatic nitrogens is 4. The van der Waals surface area contributed by atoms with Crippen molar-refractivity contribution < 1.29 is 56.7 Å². The van der Waals surface area contributed by atoms with Crippen molar-refractivity contribution in [1.29, 1.82) is 0 Å². The van der Waals surface area contributed by atoms with Gasteiger partial charge < -0.3 is 16.4 Å². The Morgan fingerprint density at radius 3 is 1.37 bits per heavy atom. The molecule has 2 saturated carbocycles. The lowest BCUT2D eigenvalue weighted by molar-refractivity contribution is -0.143. The number of sulfonamides is 1. The molecule has 2 fully saturated rings. The molecule has 344 valence electrons. The zero-order chi connectivity index (χ0) is 47.5. The molecular formula is C40H33Cl2F7N8O6S2. The number of nitrogens with two attached hydrogens (primary N) is 1. The first-order chi connectivity index (χ1) is 30.4. The fourth-order valence-electron chi connectivity index (χ4n) is 5.58. The van der Waals surface area contributed by atoms with E-state index in [-0.39, 0.29) is 33.7 Å². The number of benzene rings is 4. The van der Waals surface area contributed by atoms with Gasteiger partial charge in [0.1, 0.15) is 4.90 Å². The first-order valence-corrected chi connectivity index (χ1v) is 22.4. The monoisotopic (exact) mass is 988 g/mol. The van der Waals surface area contributed by atoms with Gasteiger partial charge in [-0.2, -0.15) is 45.0 Å². The lowest BCUT2D eigenvalue weighted by Crippen LogP contribution is -2.26. The van der Waals surface area contributed by atoms with Crippen LogP contribution in [0.1, 0.15) is 57.8 Å². The highest BCUT2D eigenvalue weighted by molar-refractivity contribution is 7.89. The molecule has 0 unspecified atom stereocenters. The Balaban J connectivity index is 0.000000199. The number of anilines is 2. The standard InChI is InChI=1S/C20H16ClF3N4O3S.C17H10ClF4N3O3S.C3H7N/c21-12-4-8-15(9-5-12)28-18(20(22,23)24)17(11-25-28)19(29)26-14-2-1-3-16(10-14)32(30,31)27-13-6-7-13;18-10-4-6-12(7-5-10)25-15(17(19,20)21)14(9-23-25)16(26)24-11-2-1-3-13(8-11)29(22,27)28;4-3-1-2-3/h1-5,8-11,13,27H,6-7H2,(H,26,29);1-9H,(H,24,26);3H,1-2,4H2. The summed E-state index contributed by atoms with van der Waals surface area (Å²) in [6, 6.07) is 20.6. The number of nitrogens with one attached hydrogen (secondary N) is 3. The van der Waals surface area contributed by atoms with E-state index >= 15 is 0 Å². The van der Waals surface area contributed by atoms with E-state index in [1.165, 1.54) is 91.7 Å². The maximum atomic E-state index is 13.8. The van der Waals surface area contributed by atoms with Gasteiger partial charge in [0.15, 0.2) is 11.4 Å². The van der Waals surface area contributed by atoms with Gasteiger partial charge in [-0.3, -0.25) is 9.59 Å². The Morgan fingerprint density at radius 2 is 1.02 bits per heavy atom. The number of hydrogen-bond donors (Lipinski definition) is 4. The lowest BCUT2D eigenvalue weighted by Gasteiger charge is -2.13. The van der Waals surface area contributed by atoms with E-state index in [9.17, 15) is 56.7 Å². The predicted octanol–water partition coefficient (Wildman–Crippen LogP) is 8.80. The van der Waals surface area contributed by atoms with Crippen LogP contribution < -0.4 is 21.1 Å². The summed E-state index contributed by atoms with van der Waals surface area (Å²) in [5.41, 5.74) is 1.01. The first-order valence-electron chi connectivity index (χ1n) is 18.8. The molecule has 0 saturated heterocycles. The van der Waals surface area contributed by atoms with Crippen LogP contribution in [0.5, 0.6) is 0 Å². The van der Waals surface area contributed by atoms with Gasteiger partial charge in [-0.05, 0) is 111 Å². The van der Waals surface area contributed by atoms with Gasteiger partial charge >= 0.3 is 22.6 Å². The molecule has 8 rings (SSSR count). The van der Waals surface area contributed by atoms with Crippen molar-refractivity contribution in [2.45, 2.75) is 59.9 Å². The Hall–Kier alpha value is -5.85. The van der Waals surface area contributed by atoms with Crippen LogP contribution in [-0.2, 0) is 32.6 Å². The number of carbonyl (C=O) groups excluding carboxylic acids is 2. The SMILES string of the molecule is NC1CC1.O=C(Nc1cccc(S(=O)(=O)F)c1)c1cnn(-c2ccc(Cl)cc2)c1C(F)(F)F.O=C(Nc1cccc(S(=O)(=O)NC2CC2)c1)c1cnn(-c2ccc(Cl)cc2)c1C(F)(F)F. The summed E-state index contributed by atoms with van der Waals surface area (Å²) in [6.45, 7) is 0. The third kappa shape index (κ3) is 12.9. The quantitative estimate of drug-likeness (QED) is 0.0765. The zero-order valence-corrected chi connectivity index (χ0v) is 36.1. The normalized spacial score (nSPS) is 14.1. The van der Waals surface area contributed by atoms with E-state index in [0.717, 1.165) is 43.4 Å². The highest BCUT2D eigenvalue weighted by Crippen LogP contribution is 2.36. The molecule has 0 radical (unpaired) electrons. The van der Waals surface area contributed by atoms with Crippen LogP contribution in [0, 0.1) is 0 Å². The van der Waals surface area contributed by atoms with Crippen molar-refractivity contribution in [2.24, 2.45) is 5.73 Å².